The van der Waals surface area contributed by atoms with E-state index in [0.717, 1.165) is 0 Å². The first-order valence-corrected chi connectivity index (χ1v) is 20.8. The SMILES string of the molecule is CC1=CC(C)([Si](c2cc(C)c(-c3ccccc3)c(C)c2)(c2cc(C)c(-c3ccccc3)c(C)c2)c2cc(C)c(-c3ccccc3)c(C)c2)C(C)=C1C. The van der Waals surface area contributed by atoms with Crippen LogP contribution in [0.2, 0.25) is 5.04 Å². The molecule has 0 N–H and O–H groups in total. The van der Waals surface area contributed by atoms with Crippen molar-refractivity contribution < 1.29 is 0 Å². The highest BCUT2D eigenvalue weighted by Gasteiger charge is 2.56. The van der Waals surface area contributed by atoms with Crippen molar-refractivity contribution in [2.24, 2.45) is 0 Å². The molecule has 6 aromatic rings. The molecule has 0 bridgehead atoms. The number of hydrogen-bond acceptors (Lipinski definition) is 0. The normalized spacial score (nSPS) is 16.0. The Labute approximate surface area is 313 Å². The summed E-state index contributed by atoms with van der Waals surface area (Å²) in [6.07, 6.45) is 2.64. The van der Waals surface area contributed by atoms with Gasteiger partial charge in [0.15, 0.2) is 8.07 Å². The Hall–Kier alpha value is -4.98. The Morgan fingerprint density at radius 2 is 0.654 bits per heavy atom. The van der Waals surface area contributed by atoms with Crippen LogP contribution in [0.15, 0.2) is 150 Å². The summed E-state index contributed by atoms with van der Waals surface area (Å²) in [4.78, 5) is 0. The summed E-state index contributed by atoms with van der Waals surface area (Å²) in [6.45, 7) is 23.6. The zero-order valence-corrected chi connectivity index (χ0v) is 33.7. The Morgan fingerprint density at radius 1 is 0.385 bits per heavy atom. The molecule has 1 aliphatic carbocycles. The van der Waals surface area contributed by atoms with Crippen LogP contribution in [0.1, 0.15) is 61.1 Å². The molecule has 0 aliphatic heterocycles. The van der Waals surface area contributed by atoms with Gasteiger partial charge >= 0.3 is 0 Å². The molecule has 0 aromatic heterocycles. The van der Waals surface area contributed by atoms with Gasteiger partial charge in [-0.05, 0) is 150 Å². The smallest absolute Gasteiger partial charge is 0.0730 e. The van der Waals surface area contributed by atoms with Crippen molar-refractivity contribution in [1.29, 1.82) is 0 Å². The summed E-state index contributed by atoms with van der Waals surface area (Å²) < 4.78 is 0. The Kier molecular flexibility index (Phi) is 9.22. The van der Waals surface area contributed by atoms with E-state index in [-0.39, 0.29) is 5.04 Å². The van der Waals surface area contributed by atoms with Crippen molar-refractivity contribution in [3.63, 3.8) is 0 Å². The molecule has 0 saturated heterocycles. The van der Waals surface area contributed by atoms with Crippen LogP contribution in [0.3, 0.4) is 0 Å². The minimum Gasteiger partial charge on any atom is -0.0730 e. The van der Waals surface area contributed by atoms with Gasteiger partial charge in [-0.1, -0.05) is 152 Å². The fraction of sp³-hybridized carbons (Fsp3) is 0.216. The number of rotatable bonds is 7. The standard InChI is InChI=1S/C51H52Si/c1-33-26-45(27-34(2)48(33)42-20-14-11-15-21-42)52(51(10)32-39(7)40(8)41(51)9,46-28-35(3)49(36(4)29-46)43-22-16-12-17-23-43)47-30-37(5)50(38(6)31-47)44-24-18-13-19-25-44/h11-32H,1-10H3. The zero-order chi connectivity index (χ0) is 36.9. The van der Waals surface area contributed by atoms with Crippen molar-refractivity contribution in [2.75, 3.05) is 0 Å². The van der Waals surface area contributed by atoms with Crippen molar-refractivity contribution in [2.45, 2.75) is 74.3 Å². The lowest BCUT2D eigenvalue weighted by Gasteiger charge is -2.48. The molecule has 1 aliphatic rings. The van der Waals surface area contributed by atoms with Gasteiger partial charge in [0.1, 0.15) is 0 Å². The first-order valence-electron chi connectivity index (χ1n) is 18.8. The predicted octanol–water partition coefficient (Wildman–Crippen LogP) is 12.1. The second-order valence-electron chi connectivity index (χ2n) is 15.6. The Balaban J connectivity index is 1.64. The molecule has 0 saturated carbocycles. The molecule has 0 nitrogen and oxygen atoms in total. The lowest BCUT2D eigenvalue weighted by Crippen LogP contribution is -2.73. The maximum atomic E-state index is 2.64. The molecule has 0 fully saturated rings. The molecule has 0 spiro atoms. The number of allylic oxidation sites excluding steroid dienone is 4. The summed E-state index contributed by atoms with van der Waals surface area (Å²) in [7, 11) is -2.96. The highest BCUT2D eigenvalue weighted by atomic mass is 28.3. The first kappa shape index (κ1) is 35.4. The van der Waals surface area contributed by atoms with Crippen LogP contribution < -0.4 is 15.6 Å². The minimum absolute atomic E-state index is 0.214. The van der Waals surface area contributed by atoms with E-state index in [1.54, 1.807) is 0 Å². The van der Waals surface area contributed by atoms with Crippen LogP contribution in [0.5, 0.6) is 0 Å². The Bertz CT molecular complexity index is 2080. The van der Waals surface area contributed by atoms with Gasteiger partial charge < -0.3 is 0 Å². The molecule has 0 amide bonds. The van der Waals surface area contributed by atoms with E-state index >= 15 is 0 Å². The quantitative estimate of drug-likeness (QED) is 0.115. The number of aryl methyl sites for hydroxylation is 6. The third-order valence-electron chi connectivity index (χ3n) is 12.3. The van der Waals surface area contributed by atoms with Gasteiger partial charge in [0, 0.05) is 5.04 Å². The zero-order valence-electron chi connectivity index (χ0n) is 32.7. The summed E-state index contributed by atoms with van der Waals surface area (Å²) in [5, 5.41) is 4.20. The molecular formula is C51H52Si. The van der Waals surface area contributed by atoms with Crippen LogP contribution in [0.25, 0.3) is 33.4 Å². The minimum atomic E-state index is -2.96. The lowest BCUT2D eigenvalue weighted by atomic mass is 9.95. The van der Waals surface area contributed by atoms with Crippen LogP contribution in [-0.4, -0.2) is 8.07 Å². The molecule has 52 heavy (non-hydrogen) atoms. The van der Waals surface area contributed by atoms with Crippen LogP contribution in [-0.2, 0) is 0 Å². The summed E-state index contributed by atoms with van der Waals surface area (Å²) in [5.74, 6) is 0. The van der Waals surface area contributed by atoms with Crippen LogP contribution in [0, 0.1) is 41.5 Å². The average molecular weight is 693 g/mol. The predicted molar refractivity (Wildman–Crippen MR) is 229 cm³/mol. The summed E-state index contributed by atoms with van der Waals surface area (Å²) >= 11 is 0. The highest BCUT2D eigenvalue weighted by molar-refractivity contribution is 7.14. The van der Waals surface area contributed by atoms with Crippen molar-refractivity contribution in [3.05, 3.63) is 184 Å². The van der Waals surface area contributed by atoms with Gasteiger partial charge in [0.05, 0.1) is 0 Å². The van der Waals surface area contributed by atoms with Gasteiger partial charge in [-0.15, -0.1) is 0 Å². The van der Waals surface area contributed by atoms with Crippen LogP contribution in [0.4, 0.5) is 0 Å². The monoisotopic (exact) mass is 692 g/mol. The van der Waals surface area contributed by atoms with E-state index < -0.39 is 8.07 Å². The summed E-state index contributed by atoms with van der Waals surface area (Å²) in [5.41, 5.74) is 20.2. The van der Waals surface area contributed by atoms with E-state index in [0.29, 0.717) is 0 Å². The topological polar surface area (TPSA) is 0 Å². The van der Waals surface area contributed by atoms with Crippen LogP contribution >= 0.6 is 0 Å². The van der Waals surface area contributed by atoms with Gasteiger partial charge in [0.2, 0.25) is 0 Å². The van der Waals surface area contributed by atoms with Crippen molar-refractivity contribution in [1.82, 2.24) is 0 Å². The number of hydrogen-bond donors (Lipinski definition) is 0. The maximum Gasteiger partial charge on any atom is 0.161 e. The largest absolute Gasteiger partial charge is 0.161 e. The van der Waals surface area contributed by atoms with Crippen molar-refractivity contribution >= 4 is 23.6 Å². The van der Waals surface area contributed by atoms with E-state index in [4.69, 9.17) is 0 Å². The molecule has 1 heteroatoms. The van der Waals surface area contributed by atoms with Gasteiger partial charge in [0.25, 0.3) is 0 Å². The molecule has 0 heterocycles. The number of benzene rings is 6. The van der Waals surface area contributed by atoms with E-state index in [9.17, 15) is 0 Å². The third-order valence-corrected chi connectivity index (χ3v) is 17.8. The second-order valence-corrected chi connectivity index (χ2v) is 19.9. The molecule has 1 atom stereocenters. The van der Waals surface area contributed by atoms with E-state index in [1.807, 2.05) is 0 Å². The van der Waals surface area contributed by atoms with E-state index in [2.05, 4.69) is 203 Å². The lowest BCUT2D eigenvalue weighted by molar-refractivity contribution is 0.870. The molecule has 1 unspecified atom stereocenters. The third kappa shape index (κ3) is 5.58. The second kappa shape index (κ2) is 13.5. The van der Waals surface area contributed by atoms with Gasteiger partial charge in [-0.3, -0.25) is 0 Å². The fourth-order valence-electron chi connectivity index (χ4n) is 9.84. The van der Waals surface area contributed by atoms with Crippen molar-refractivity contribution in [3.8, 4) is 33.4 Å². The van der Waals surface area contributed by atoms with E-state index in [1.165, 1.54) is 99.0 Å². The van der Waals surface area contributed by atoms with Gasteiger partial charge in [-0.25, -0.2) is 0 Å². The van der Waals surface area contributed by atoms with Gasteiger partial charge in [-0.2, -0.15) is 0 Å². The molecule has 260 valence electrons. The first-order chi connectivity index (χ1) is 24.9. The molecule has 6 aromatic carbocycles. The Morgan fingerprint density at radius 3 is 0.885 bits per heavy atom. The maximum absolute atomic E-state index is 2.96. The molecule has 7 rings (SSSR count). The fourth-order valence-corrected chi connectivity index (χ4v) is 16.4. The molecular weight excluding hydrogens is 641 g/mol. The molecule has 0 radical (unpaired) electrons. The highest BCUT2D eigenvalue weighted by Crippen LogP contribution is 2.53. The average Bonchev–Trinajstić information content (AvgIpc) is 3.31. The summed E-state index contributed by atoms with van der Waals surface area (Å²) in [6, 6.07) is 48.2.